The highest BCUT2D eigenvalue weighted by molar-refractivity contribution is 9.10. The van der Waals surface area contributed by atoms with Gasteiger partial charge in [0.2, 0.25) is 0 Å². The Morgan fingerprint density at radius 1 is 1.32 bits per heavy atom. The summed E-state index contributed by atoms with van der Waals surface area (Å²) >= 11 is 3.56. The van der Waals surface area contributed by atoms with Crippen molar-refractivity contribution in [1.29, 1.82) is 0 Å². The van der Waals surface area contributed by atoms with E-state index in [9.17, 15) is 5.11 Å². The molecule has 0 atom stereocenters. The number of rotatable bonds is 5. The van der Waals surface area contributed by atoms with Crippen molar-refractivity contribution in [3.05, 3.63) is 28.2 Å². The predicted octanol–water partition coefficient (Wildman–Crippen LogP) is 4.35. The quantitative estimate of drug-likeness (QED) is 0.870. The number of anilines is 1. The zero-order valence-electron chi connectivity index (χ0n) is 11.9. The third kappa shape index (κ3) is 3.73. The van der Waals surface area contributed by atoms with Gasteiger partial charge < -0.3 is 10.0 Å². The minimum absolute atomic E-state index is 0.115. The van der Waals surface area contributed by atoms with Crippen LogP contribution < -0.4 is 4.90 Å². The van der Waals surface area contributed by atoms with Crippen LogP contribution in [0, 0.1) is 5.92 Å². The molecule has 1 fully saturated rings. The molecule has 3 heteroatoms. The van der Waals surface area contributed by atoms with Crippen molar-refractivity contribution in [2.45, 2.75) is 52.2 Å². The molecule has 1 saturated carbocycles. The summed E-state index contributed by atoms with van der Waals surface area (Å²) in [6, 6.07) is 6.84. The van der Waals surface area contributed by atoms with Gasteiger partial charge in [-0.2, -0.15) is 0 Å². The second kappa shape index (κ2) is 6.76. The molecular formula is C16H24BrNO. The summed E-state index contributed by atoms with van der Waals surface area (Å²) in [4.78, 5) is 2.52. The number of benzene rings is 1. The van der Waals surface area contributed by atoms with Gasteiger partial charge in [0.1, 0.15) is 0 Å². The van der Waals surface area contributed by atoms with Crippen molar-refractivity contribution in [2.75, 3.05) is 11.4 Å². The first kappa shape index (κ1) is 14.9. The highest BCUT2D eigenvalue weighted by Gasteiger charge is 2.25. The number of hydrogen-bond donors (Lipinski definition) is 1. The fourth-order valence-corrected chi connectivity index (χ4v) is 3.34. The third-order valence-electron chi connectivity index (χ3n) is 3.85. The summed E-state index contributed by atoms with van der Waals surface area (Å²) in [5.74, 6) is 0.631. The van der Waals surface area contributed by atoms with E-state index in [4.69, 9.17) is 0 Å². The molecule has 0 aliphatic heterocycles. The molecule has 1 N–H and O–H groups in total. The molecule has 0 saturated heterocycles. The van der Waals surface area contributed by atoms with E-state index in [0.29, 0.717) is 12.0 Å². The summed E-state index contributed by atoms with van der Waals surface area (Å²) in [5.41, 5.74) is 2.24. The maximum absolute atomic E-state index is 9.59. The van der Waals surface area contributed by atoms with Gasteiger partial charge >= 0.3 is 0 Å². The van der Waals surface area contributed by atoms with Crippen LogP contribution in [0.1, 0.15) is 45.1 Å². The first-order valence-electron chi connectivity index (χ1n) is 7.27. The molecular weight excluding hydrogens is 302 g/mol. The lowest BCUT2D eigenvalue weighted by Crippen LogP contribution is -2.37. The monoisotopic (exact) mass is 325 g/mol. The molecule has 1 aliphatic carbocycles. The highest BCUT2D eigenvalue weighted by Crippen LogP contribution is 2.33. The molecule has 0 unspecified atom stereocenters. The summed E-state index contributed by atoms with van der Waals surface area (Å²) in [5, 5.41) is 9.59. The van der Waals surface area contributed by atoms with Crippen LogP contribution >= 0.6 is 15.9 Å². The SMILES string of the molecule is CC(C)CN(c1cc(Br)ccc1CO)C1CCCC1. The van der Waals surface area contributed by atoms with E-state index in [1.807, 2.05) is 12.1 Å². The van der Waals surface area contributed by atoms with Gasteiger partial charge in [0, 0.05) is 28.3 Å². The maximum atomic E-state index is 9.59. The standard InChI is InChI=1S/C16H24BrNO/c1-12(2)10-18(15-5-3-4-6-15)16-9-14(17)8-7-13(16)11-19/h7-9,12,15,19H,3-6,10-11H2,1-2H3. The lowest BCUT2D eigenvalue weighted by Gasteiger charge is -2.34. The van der Waals surface area contributed by atoms with Crippen LogP contribution in [0.2, 0.25) is 0 Å². The van der Waals surface area contributed by atoms with E-state index in [0.717, 1.165) is 16.6 Å². The van der Waals surface area contributed by atoms with Gasteiger partial charge in [0.25, 0.3) is 0 Å². The minimum atomic E-state index is 0.115. The van der Waals surface area contributed by atoms with Gasteiger partial charge in [-0.15, -0.1) is 0 Å². The first-order valence-corrected chi connectivity index (χ1v) is 8.07. The smallest absolute Gasteiger partial charge is 0.0702 e. The summed E-state index contributed by atoms with van der Waals surface area (Å²) in [7, 11) is 0. The van der Waals surface area contributed by atoms with Crippen LogP contribution in [0.4, 0.5) is 5.69 Å². The normalized spacial score (nSPS) is 16.3. The lowest BCUT2D eigenvalue weighted by atomic mass is 10.1. The Labute approximate surface area is 124 Å². The van der Waals surface area contributed by atoms with E-state index < -0.39 is 0 Å². The fraction of sp³-hybridized carbons (Fsp3) is 0.625. The molecule has 0 spiro atoms. The molecule has 106 valence electrons. The summed E-state index contributed by atoms with van der Waals surface area (Å²) in [6.07, 6.45) is 5.23. The molecule has 2 rings (SSSR count). The van der Waals surface area contributed by atoms with Gasteiger partial charge in [-0.3, -0.25) is 0 Å². The Morgan fingerprint density at radius 2 is 2.00 bits per heavy atom. The Bertz CT molecular complexity index is 413. The summed E-state index contributed by atoms with van der Waals surface area (Å²) in [6.45, 7) is 5.70. The second-order valence-electron chi connectivity index (χ2n) is 5.92. The maximum Gasteiger partial charge on any atom is 0.0702 e. The van der Waals surface area contributed by atoms with Crippen LogP contribution in [0.25, 0.3) is 0 Å². The Balaban J connectivity index is 2.32. The fourth-order valence-electron chi connectivity index (χ4n) is 2.99. The average Bonchev–Trinajstić information content (AvgIpc) is 2.89. The molecule has 0 amide bonds. The third-order valence-corrected chi connectivity index (χ3v) is 4.35. The van der Waals surface area contributed by atoms with Crippen molar-refractivity contribution in [2.24, 2.45) is 5.92 Å². The van der Waals surface area contributed by atoms with E-state index in [1.54, 1.807) is 0 Å². The molecule has 1 aliphatic rings. The number of halogens is 1. The van der Waals surface area contributed by atoms with Crippen LogP contribution in [-0.2, 0) is 6.61 Å². The second-order valence-corrected chi connectivity index (χ2v) is 6.83. The average molecular weight is 326 g/mol. The molecule has 2 nitrogen and oxygen atoms in total. The number of hydrogen-bond acceptors (Lipinski definition) is 2. The van der Waals surface area contributed by atoms with Crippen molar-refractivity contribution < 1.29 is 5.11 Å². The van der Waals surface area contributed by atoms with Gasteiger partial charge in [0.05, 0.1) is 6.61 Å². The number of nitrogens with zero attached hydrogens (tertiary/aromatic N) is 1. The van der Waals surface area contributed by atoms with Gasteiger partial charge in [-0.05, 0) is 30.9 Å². The van der Waals surface area contributed by atoms with Crippen molar-refractivity contribution in [3.63, 3.8) is 0 Å². The molecule has 1 aromatic carbocycles. The Kier molecular flexibility index (Phi) is 5.28. The number of aliphatic hydroxyl groups excluding tert-OH is 1. The zero-order chi connectivity index (χ0) is 13.8. The largest absolute Gasteiger partial charge is 0.392 e. The van der Waals surface area contributed by atoms with Crippen LogP contribution in [0.5, 0.6) is 0 Å². The van der Waals surface area contributed by atoms with Crippen LogP contribution in [-0.4, -0.2) is 17.7 Å². The number of aliphatic hydroxyl groups is 1. The first-order chi connectivity index (χ1) is 9.11. The van der Waals surface area contributed by atoms with E-state index >= 15 is 0 Å². The molecule has 0 heterocycles. The van der Waals surface area contributed by atoms with Crippen LogP contribution in [0.3, 0.4) is 0 Å². The van der Waals surface area contributed by atoms with Gasteiger partial charge in [0.15, 0.2) is 0 Å². The van der Waals surface area contributed by atoms with Crippen molar-refractivity contribution >= 4 is 21.6 Å². The molecule has 1 aromatic rings. The van der Waals surface area contributed by atoms with E-state index in [2.05, 4.69) is 40.7 Å². The minimum Gasteiger partial charge on any atom is -0.392 e. The molecule has 19 heavy (non-hydrogen) atoms. The van der Waals surface area contributed by atoms with E-state index in [-0.39, 0.29) is 6.61 Å². The Hall–Kier alpha value is -0.540. The topological polar surface area (TPSA) is 23.5 Å². The molecule has 0 aromatic heterocycles. The molecule has 0 bridgehead atoms. The van der Waals surface area contributed by atoms with Crippen molar-refractivity contribution in [3.8, 4) is 0 Å². The van der Waals surface area contributed by atoms with Crippen LogP contribution in [0.15, 0.2) is 22.7 Å². The van der Waals surface area contributed by atoms with Crippen molar-refractivity contribution in [1.82, 2.24) is 0 Å². The van der Waals surface area contributed by atoms with E-state index in [1.165, 1.54) is 31.4 Å². The molecule has 0 radical (unpaired) electrons. The Morgan fingerprint density at radius 3 is 2.58 bits per heavy atom. The predicted molar refractivity (Wildman–Crippen MR) is 84.5 cm³/mol. The highest BCUT2D eigenvalue weighted by atomic mass is 79.9. The lowest BCUT2D eigenvalue weighted by molar-refractivity contribution is 0.281. The van der Waals surface area contributed by atoms with Gasteiger partial charge in [-0.25, -0.2) is 0 Å². The van der Waals surface area contributed by atoms with Gasteiger partial charge in [-0.1, -0.05) is 48.7 Å². The summed E-state index contributed by atoms with van der Waals surface area (Å²) < 4.78 is 1.09. The zero-order valence-corrected chi connectivity index (χ0v) is 13.5.